The average Bonchev–Trinajstić information content (AvgIpc) is 2.52. The molecule has 0 atom stereocenters. The van der Waals surface area contributed by atoms with Gasteiger partial charge in [-0.05, 0) is 6.92 Å². The van der Waals surface area contributed by atoms with E-state index in [0.29, 0.717) is 17.1 Å². The van der Waals surface area contributed by atoms with Crippen molar-refractivity contribution in [3.05, 3.63) is 40.3 Å². The van der Waals surface area contributed by atoms with E-state index in [4.69, 9.17) is 17.3 Å². The number of hydrogen-bond acceptors (Lipinski definition) is 3. The van der Waals surface area contributed by atoms with Crippen molar-refractivity contribution in [2.45, 2.75) is 20.8 Å². The number of benzene rings is 1. The fourth-order valence-electron chi connectivity index (χ4n) is 1.85. The van der Waals surface area contributed by atoms with Crippen LogP contribution in [0.25, 0.3) is 11.1 Å². The second-order valence-electron chi connectivity index (χ2n) is 4.08. The molecule has 1 aromatic carbocycles. The number of ether oxygens (including phenoxy) is 2. The van der Waals surface area contributed by atoms with Crippen LogP contribution in [0, 0.1) is 13.0 Å². The predicted octanol–water partition coefficient (Wildman–Crippen LogP) is -1.01. The predicted molar refractivity (Wildman–Crippen MR) is 85.9 cm³/mol. The van der Waals surface area contributed by atoms with Crippen molar-refractivity contribution in [3.63, 3.8) is 0 Å². The van der Waals surface area contributed by atoms with E-state index >= 15 is 0 Å². The molecule has 2 rings (SSSR count). The average molecular weight is 370 g/mol. The molecule has 0 saturated heterocycles. The van der Waals surface area contributed by atoms with E-state index in [-0.39, 0.29) is 69.2 Å². The molecule has 0 spiro atoms. The monoisotopic (exact) mass is 369 g/mol. The van der Waals surface area contributed by atoms with Gasteiger partial charge in [0, 0.05) is 5.56 Å². The molecule has 0 saturated carbocycles. The summed E-state index contributed by atoms with van der Waals surface area (Å²) < 4.78 is 10.6. The summed E-state index contributed by atoms with van der Waals surface area (Å²) in [5.74, 6) is 1.40. The molecule has 0 aliphatic carbocycles. The third-order valence-corrected chi connectivity index (χ3v) is 2.92. The van der Waals surface area contributed by atoms with Gasteiger partial charge in [0.2, 0.25) is 0 Å². The maximum Gasteiger partial charge on any atom is 1.00 e. The van der Waals surface area contributed by atoms with Crippen LogP contribution in [-0.4, -0.2) is 27.0 Å². The number of nitrogens with one attached hydrogen (secondary N) is 1. The van der Waals surface area contributed by atoms with Crippen molar-refractivity contribution in [2.24, 2.45) is 0 Å². The van der Waals surface area contributed by atoms with E-state index in [1.807, 2.05) is 32.9 Å². The SMILES string of the molecule is CC.[B]c1[c-]c(-c2cc(OC)c(C)c(OC)c2)c[nH]c1=O.[Rb+]. The third-order valence-electron chi connectivity index (χ3n) is 2.92. The summed E-state index contributed by atoms with van der Waals surface area (Å²) in [4.78, 5) is 13.8. The van der Waals surface area contributed by atoms with E-state index in [1.54, 1.807) is 20.4 Å². The van der Waals surface area contributed by atoms with Crippen LogP contribution in [0.2, 0.25) is 0 Å². The summed E-state index contributed by atoms with van der Waals surface area (Å²) >= 11 is 0. The molecule has 0 amide bonds. The minimum Gasteiger partial charge on any atom is -0.497 e. The van der Waals surface area contributed by atoms with E-state index in [2.05, 4.69) is 11.1 Å². The molecule has 1 heterocycles. The molecule has 6 heteroatoms. The van der Waals surface area contributed by atoms with Crippen molar-refractivity contribution < 1.29 is 67.7 Å². The quantitative estimate of drug-likeness (QED) is 0.557. The summed E-state index contributed by atoms with van der Waals surface area (Å²) in [6, 6.07) is 6.53. The Hall–Kier alpha value is -0.360. The minimum atomic E-state index is -0.352. The van der Waals surface area contributed by atoms with Gasteiger partial charge in [-0.15, -0.1) is 17.1 Å². The van der Waals surface area contributed by atoms with E-state index in [1.165, 1.54) is 0 Å². The Morgan fingerprint density at radius 2 is 1.64 bits per heavy atom. The first kappa shape index (κ1) is 21.6. The van der Waals surface area contributed by atoms with Crippen molar-refractivity contribution in [1.82, 2.24) is 4.98 Å². The van der Waals surface area contributed by atoms with Crippen molar-refractivity contribution >= 4 is 13.3 Å². The molecule has 22 heavy (non-hydrogen) atoms. The Morgan fingerprint density at radius 1 is 1.14 bits per heavy atom. The van der Waals surface area contributed by atoms with Crippen molar-refractivity contribution in [1.29, 1.82) is 0 Å². The second kappa shape index (κ2) is 10.4. The Morgan fingerprint density at radius 3 is 2.05 bits per heavy atom. The molecule has 2 aromatic rings. The normalized spacial score (nSPS) is 9.14. The van der Waals surface area contributed by atoms with Gasteiger partial charge in [-0.3, -0.25) is 0 Å². The molecule has 2 radical (unpaired) electrons. The number of aromatic nitrogens is 1. The van der Waals surface area contributed by atoms with Gasteiger partial charge in [0.1, 0.15) is 11.5 Å². The molecule has 0 aliphatic rings. The van der Waals surface area contributed by atoms with Crippen LogP contribution in [0.5, 0.6) is 11.5 Å². The van der Waals surface area contributed by atoms with Gasteiger partial charge in [-0.25, -0.2) is 0 Å². The molecule has 1 N–H and O–H groups in total. The van der Waals surface area contributed by atoms with Gasteiger partial charge < -0.3 is 19.3 Å². The Balaban J connectivity index is 0.00000141. The maximum absolute atomic E-state index is 11.2. The van der Waals surface area contributed by atoms with E-state index < -0.39 is 0 Å². The first-order valence-corrected chi connectivity index (χ1v) is 6.70. The molecule has 0 aliphatic heterocycles. The topological polar surface area (TPSA) is 51.3 Å². The smallest absolute Gasteiger partial charge is 0.497 e. The zero-order chi connectivity index (χ0) is 16.0. The van der Waals surface area contributed by atoms with Crippen LogP contribution in [0.3, 0.4) is 0 Å². The number of methoxy groups -OCH3 is 2. The number of hydrogen-bond donors (Lipinski definition) is 1. The summed E-state index contributed by atoms with van der Waals surface area (Å²) in [5, 5.41) is 0. The largest absolute Gasteiger partial charge is 1.00 e. The third kappa shape index (κ3) is 5.08. The number of rotatable bonds is 3. The van der Waals surface area contributed by atoms with Gasteiger partial charge in [0.25, 0.3) is 0 Å². The molecule has 0 bridgehead atoms. The first-order chi connectivity index (χ1) is 10.1. The van der Waals surface area contributed by atoms with Crippen LogP contribution in [0.15, 0.2) is 23.1 Å². The summed E-state index contributed by atoms with van der Waals surface area (Å²) in [5.41, 5.74) is 2.09. The van der Waals surface area contributed by atoms with Gasteiger partial charge in [0.05, 0.1) is 22.1 Å². The Labute approximate surface area is 181 Å². The summed E-state index contributed by atoms with van der Waals surface area (Å²) in [6.07, 6.45) is 1.56. The Kier molecular flexibility index (Phi) is 10.3. The Bertz CT molecular complexity index is 646. The maximum atomic E-state index is 11.2. The molecular weight excluding hydrogens is 350 g/mol. The molecule has 0 fully saturated rings. The van der Waals surface area contributed by atoms with Gasteiger partial charge >= 0.3 is 58.2 Å². The molecule has 0 unspecified atom stereocenters. The summed E-state index contributed by atoms with van der Waals surface area (Å²) in [6.45, 7) is 5.91. The standard InChI is InChI=1S/C14H13BNO3.C2H6.Rb/c1-8-12(18-2)5-9(6-13(8)19-3)10-4-11(15)14(17)16-7-10;1-2;/h5-7H,1-3H3,(H,16,17);1-2H3;/q-1;;+1. The fraction of sp³-hybridized carbons (Fsp3) is 0.312. The number of H-pyrrole nitrogens is 1. The van der Waals surface area contributed by atoms with Gasteiger partial charge in [-0.1, -0.05) is 37.7 Å². The molecule has 4 nitrogen and oxygen atoms in total. The first-order valence-electron chi connectivity index (χ1n) is 6.70. The van der Waals surface area contributed by atoms with Crippen molar-refractivity contribution in [3.8, 4) is 22.6 Å². The number of pyridine rings is 1. The molecule has 110 valence electrons. The zero-order valence-electron chi connectivity index (χ0n) is 14.0. The summed E-state index contributed by atoms with van der Waals surface area (Å²) in [7, 11) is 8.75. The van der Waals surface area contributed by atoms with Crippen LogP contribution >= 0.6 is 0 Å². The second-order valence-corrected chi connectivity index (χ2v) is 4.08. The zero-order valence-corrected chi connectivity index (χ0v) is 19.0. The number of aromatic amines is 1. The van der Waals surface area contributed by atoms with Crippen LogP contribution in [0.4, 0.5) is 0 Å². The van der Waals surface area contributed by atoms with Crippen molar-refractivity contribution in [2.75, 3.05) is 14.2 Å². The van der Waals surface area contributed by atoms with Crippen LogP contribution in [-0.2, 0) is 0 Å². The van der Waals surface area contributed by atoms with Crippen LogP contribution in [0.1, 0.15) is 19.4 Å². The van der Waals surface area contributed by atoms with E-state index in [9.17, 15) is 4.79 Å². The van der Waals surface area contributed by atoms with Gasteiger partial charge in [0.15, 0.2) is 5.56 Å². The van der Waals surface area contributed by atoms with Crippen LogP contribution < -0.4 is 78.7 Å². The fourth-order valence-corrected chi connectivity index (χ4v) is 1.85. The minimum absolute atomic E-state index is 0. The molecule has 1 aromatic heterocycles. The van der Waals surface area contributed by atoms with Gasteiger partial charge in [-0.2, -0.15) is 0 Å². The van der Waals surface area contributed by atoms with E-state index in [0.717, 1.165) is 11.1 Å². The molecular formula is C16H19BNO3Rb.